The predicted molar refractivity (Wildman–Crippen MR) is 73.9 cm³/mol. The Kier molecular flexibility index (Phi) is 3.25. The van der Waals surface area contributed by atoms with Gasteiger partial charge in [0.15, 0.2) is 0 Å². The van der Waals surface area contributed by atoms with Crippen LogP contribution in [0.25, 0.3) is 22.0 Å². The van der Waals surface area contributed by atoms with Crippen LogP contribution in [0.5, 0.6) is 5.75 Å². The average Bonchev–Trinajstić information content (AvgIpc) is 2.46. The third kappa shape index (κ3) is 3.13. The zero-order chi connectivity index (χ0) is 14.9. The minimum atomic E-state index is -4.70. The third-order valence-electron chi connectivity index (χ3n) is 2.99. The number of hydrogen-bond acceptors (Lipinski definition) is 2. The van der Waals surface area contributed by atoms with Gasteiger partial charge < -0.3 is 4.74 Å². The number of rotatable bonds is 2. The SMILES string of the molecule is FC(F)(F)Oc1ccc2ncc(-c3ccccc3)cc2c1. The second-order valence-corrected chi connectivity index (χ2v) is 4.49. The largest absolute Gasteiger partial charge is 0.573 e. The fourth-order valence-corrected chi connectivity index (χ4v) is 2.10. The summed E-state index contributed by atoms with van der Waals surface area (Å²) >= 11 is 0. The van der Waals surface area contributed by atoms with Gasteiger partial charge in [-0.3, -0.25) is 4.98 Å². The van der Waals surface area contributed by atoms with Crippen LogP contribution in [0.15, 0.2) is 60.8 Å². The molecule has 3 aromatic rings. The van der Waals surface area contributed by atoms with Gasteiger partial charge >= 0.3 is 6.36 Å². The highest BCUT2D eigenvalue weighted by Crippen LogP contribution is 2.28. The van der Waals surface area contributed by atoms with Crippen molar-refractivity contribution in [3.8, 4) is 16.9 Å². The van der Waals surface area contributed by atoms with Crippen LogP contribution < -0.4 is 4.74 Å². The van der Waals surface area contributed by atoms with E-state index in [4.69, 9.17) is 0 Å². The maximum absolute atomic E-state index is 12.2. The fraction of sp³-hybridized carbons (Fsp3) is 0.0625. The number of pyridine rings is 1. The Morgan fingerprint density at radius 3 is 2.33 bits per heavy atom. The summed E-state index contributed by atoms with van der Waals surface area (Å²) in [5.74, 6) is -0.248. The number of halogens is 3. The number of fused-ring (bicyclic) bond motifs is 1. The molecule has 0 saturated heterocycles. The molecule has 5 heteroatoms. The van der Waals surface area contributed by atoms with Crippen molar-refractivity contribution in [1.82, 2.24) is 4.98 Å². The predicted octanol–water partition coefficient (Wildman–Crippen LogP) is 4.80. The van der Waals surface area contributed by atoms with E-state index >= 15 is 0 Å². The number of nitrogens with zero attached hydrogens (tertiary/aromatic N) is 1. The number of hydrogen-bond donors (Lipinski definition) is 0. The minimum absolute atomic E-state index is 0.248. The van der Waals surface area contributed by atoms with Crippen molar-refractivity contribution in [2.75, 3.05) is 0 Å². The molecule has 1 aromatic heterocycles. The molecule has 0 atom stereocenters. The van der Waals surface area contributed by atoms with Crippen LogP contribution in [-0.2, 0) is 0 Å². The van der Waals surface area contributed by atoms with E-state index in [1.807, 2.05) is 30.3 Å². The van der Waals surface area contributed by atoms with Gasteiger partial charge in [-0.1, -0.05) is 30.3 Å². The number of benzene rings is 2. The lowest BCUT2D eigenvalue weighted by Crippen LogP contribution is -2.17. The summed E-state index contributed by atoms with van der Waals surface area (Å²) < 4.78 is 40.7. The molecule has 2 aromatic carbocycles. The standard InChI is InChI=1S/C16H10F3NO/c17-16(18,19)21-14-6-7-15-12(9-14)8-13(10-20-15)11-4-2-1-3-5-11/h1-10H. The van der Waals surface area contributed by atoms with Crippen molar-refractivity contribution in [3.63, 3.8) is 0 Å². The van der Waals surface area contributed by atoms with Crippen LogP contribution in [0.3, 0.4) is 0 Å². The van der Waals surface area contributed by atoms with Crippen LogP contribution in [-0.4, -0.2) is 11.3 Å². The van der Waals surface area contributed by atoms with Crippen molar-refractivity contribution in [2.24, 2.45) is 0 Å². The average molecular weight is 289 g/mol. The van der Waals surface area contributed by atoms with Gasteiger partial charge in [0.05, 0.1) is 5.52 Å². The second-order valence-electron chi connectivity index (χ2n) is 4.49. The molecule has 0 amide bonds. The molecule has 0 fully saturated rings. The number of aromatic nitrogens is 1. The fourth-order valence-electron chi connectivity index (χ4n) is 2.10. The zero-order valence-corrected chi connectivity index (χ0v) is 10.8. The highest BCUT2D eigenvalue weighted by Gasteiger charge is 2.31. The topological polar surface area (TPSA) is 22.1 Å². The van der Waals surface area contributed by atoms with Crippen molar-refractivity contribution in [1.29, 1.82) is 0 Å². The first kappa shape index (κ1) is 13.4. The van der Waals surface area contributed by atoms with Gasteiger partial charge in [-0.2, -0.15) is 0 Å². The molecule has 21 heavy (non-hydrogen) atoms. The Hall–Kier alpha value is -2.56. The van der Waals surface area contributed by atoms with E-state index in [-0.39, 0.29) is 5.75 Å². The lowest BCUT2D eigenvalue weighted by molar-refractivity contribution is -0.274. The van der Waals surface area contributed by atoms with Gasteiger partial charge in [0.2, 0.25) is 0 Å². The lowest BCUT2D eigenvalue weighted by atomic mass is 10.1. The minimum Gasteiger partial charge on any atom is -0.406 e. The molecule has 2 nitrogen and oxygen atoms in total. The Balaban J connectivity index is 2.03. The monoisotopic (exact) mass is 289 g/mol. The first-order valence-electron chi connectivity index (χ1n) is 6.22. The zero-order valence-electron chi connectivity index (χ0n) is 10.8. The molecule has 0 radical (unpaired) electrons. The van der Waals surface area contributed by atoms with Gasteiger partial charge in [-0.15, -0.1) is 13.2 Å². The number of alkyl halides is 3. The highest BCUT2D eigenvalue weighted by atomic mass is 19.4. The van der Waals surface area contributed by atoms with Gasteiger partial charge in [-0.05, 0) is 29.8 Å². The molecule has 0 unspecified atom stereocenters. The Morgan fingerprint density at radius 1 is 0.857 bits per heavy atom. The summed E-state index contributed by atoms with van der Waals surface area (Å²) in [7, 11) is 0. The van der Waals surface area contributed by atoms with Crippen molar-refractivity contribution >= 4 is 10.9 Å². The molecule has 0 N–H and O–H groups in total. The molecule has 0 aliphatic rings. The lowest BCUT2D eigenvalue weighted by Gasteiger charge is -2.09. The maximum Gasteiger partial charge on any atom is 0.573 e. The van der Waals surface area contributed by atoms with Crippen LogP contribution in [0, 0.1) is 0 Å². The highest BCUT2D eigenvalue weighted by molar-refractivity contribution is 5.84. The van der Waals surface area contributed by atoms with E-state index in [0.29, 0.717) is 10.9 Å². The first-order chi connectivity index (χ1) is 10.0. The van der Waals surface area contributed by atoms with Crippen LogP contribution in [0.1, 0.15) is 0 Å². The summed E-state index contributed by atoms with van der Waals surface area (Å²) in [4.78, 5) is 4.26. The Morgan fingerprint density at radius 2 is 1.62 bits per heavy atom. The van der Waals surface area contributed by atoms with Crippen molar-refractivity contribution in [2.45, 2.75) is 6.36 Å². The normalized spacial score (nSPS) is 11.6. The molecule has 106 valence electrons. The van der Waals surface area contributed by atoms with E-state index in [0.717, 1.165) is 11.1 Å². The molecule has 0 saturated carbocycles. The van der Waals surface area contributed by atoms with E-state index in [2.05, 4.69) is 9.72 Å². The molecular formula is C16H10F3NO. The van der Waals surface area contributed by atoms with E-state index < -0.39 is 6.36 Å². The molecule has 0 aliphatic heterocycles. The molecular weight excluding hydrogens is 279 g/mol. The smallest absolute Gasteiger partial charge is 0.406 e. The Labute approximate surface area is 118 Å². The summed E-state index contributed by atoms with van der Waals surface area (Å²) in [6.45, 7) is 0. The van der Waals surface area contributed by atoms with Crippen LogP contribution in [0.4, 0.5) is 13.2 Å². The molecule has 0 bridgehead atoms. The van der Waals surface area contributed by atoms with Gasteiger partial charge in [0.1, 0.15) is 5.75 Å². The Bertz CT molecular complexity index is 769. The first-order valence-corrected chi connectivity index (χ1v) is 6.22. The molecule has 0 spiro atoms. The molecule has 0 aliphatic carbocycles. The van der Waals surface area contributed by atoms with Crippen LogP contribution in [0.2, 0.25) is 0 Å². The maximum atomic E-state index is 12.2. The summed E-state index contributed by atoms with van der Waals surface area (Å²) in [6, 6.07) is 15.4. The van der Waals surface area contributed by atoms with E-state index in [1.54, 1.807) is 12.3 Å². The van der Waals surface area contributed by atoms with Gasteiger partial charge in [0, 0.05) is 17.1 Å². The number of ether oxygens (including phenoxy) is 1. The molecule has 3 rings (SSSR count). The van der Waals surface area contributed by atoms with E-state index in [1.165, 1.54) is 18.2 Å². The summed E-state index contributed by atoms with van der Waals surface area (Å²) in [6.07, 6.45) is -3.00. The molecule has 1 heterocycles. The van der Waals surface area contributed by atoms with Crippen LogP contribution >= 0.6 is 0 Å². The second kappa shape index (κ2) is 5.09. The van der Waals surface area contributed by atoms with Crippen molar-refractivity contribution < 1.29 is 17.9 Å². The van der Waals surface area contributed by atoms with Crippen molar-refractivity contribution in [3.05, 3.63) is 60.8 Å². The van der Waals surface area contributed by atoms with E-state index in [9.17, 15) is 13.2 Å². The van der Waals surface area contributed by atoms with Gasteiger partial charge in [0.25, 0.3) is 0 Å². The summed E-state index contributed by atoms with van der Waals surface area (Å²) in [5, 5.41) is 0.595. The summed E-state index contributed by atoms with van der Waals surface area (Å²) in [5.41, 5.74) is 2.41. The third-order valence-corrected chi connectivity index (χ3v) is 2.99. The quantitative estimate of drug-likeness (QED) is 0.676. The van der Waals surface area contributed by atoms with Gasteiger partial charge in [-0.25, -0.2) is 0 Å².